The predicted molar refractivity (Wildman–Crippen MR) is 87.7 cm³/mol. The number of carbonyl (C=O) groups excluding carboxylic acids is 1. The van der Waals surface area contributed by atoms with Gasteiger partial charge in [-0.3, -0.25) is 9.69 Å². The Morgan fingerprint density at radius 1 is 1.35 bits per heavy atom. The lowest BCUT2D eigenvalue weighted by atomic mass is 10.1. The molecule has 1 aliphatic heterocycles. The van der Waals surface area contributed by atoms with Crippen LogP contribution in [0.15, 0.2) is 12.1 Å². The number of morpholine rings is 1. The van der Waals surface area contributed by atoms with Gasteiger partial charge in [0.2, 0.25) is 0 Å². The summed E-state index contributed by atoms with van der Waals surface area (Å²) in [6.45, 7) is 4.84. The van der Waals surface area contributed by atoms with Crippen LogP contribution in [0.2, 0.25) is 0 Å². The zero-order chi connectivity index (χ0) is 16.2. The second-order valence-electron chi connectivity index (χ2n) is 5.52. The average Bonchev–Trinajstić information content (AvgIpc) is 2.91. The highest BCUT2D eigenvalue weighted by molar-refractivity contribution is 7.71. The van der Waals surface area contributed by atoms with E-state index in [2.05, 4.69) is 20.2 Å². The molecular weight excluding hydrogens is 319 g/mol. The molecule has 1 amide bonds. The number of nitrogens with one attached hydrogen (secondary N) is 3. The number of nitrogens with zero attached hydrogens (tertiary/aromatic N) is 1. The Labute approximate surface area is 138 Å². The van der Waals surface area contributed by atoms with E-state index in [1.54, 1.807) is 0 Å². The Balaban J connectivity index is 1.58. The average molecular weight is 338 g/mol. The van der Waals surface area contributed by atoms with Gasteiger partial charge < -0.3 is 20.0 Å². The molecule has 0 unspecified atom stereocenters. The minimum atomic E-state index is -0.471. The highest BCUT2D eigenvalue weighted by atomic mass is 32.1. The van der Waals surface area contributed by atoms with Gasteiger partial charge in [0.05, 0.1) is 29.8 Å². The van der Waals surface area contributed by atoms with Crippen LogP contribution in [-0.2, 0) is 4.74 Å². The third-order valence-corrected chi connectivity index (χ3v) is 4.08. The van der Waals surface area contributed by atoms with Crippen LogP contribution in [0.3, 0.4) is 0 Å². The number of fused-ring (bicyclic) bond motifs is 1. The van der Waals surface area contributed by atoms with Gasteiger partial charge >= 0.3 is 0 Å². The molecule has 1 aliphatic rings. The molecule has 1 aromatic heterocycles. The van der Waals surface area contributed by atoms with Crippen molar-refractivity contribution in [1.82, 2.24) is 20.2 Å². The summed E-state index contributed by atoms with van der Waals surface area (Å²) in [7, 11) is 0. The Morgan fingerprint density at radius 2 is 2.13 bits per heavy atom. The largest absolute Gasteiger partial charge is 0.379 e. The van der Waals surface area contributed by atoms with Crippen LogP contribution in [0.4, 0.5) is 4.39 Å². The molecule has 8 heteroatoms. The maximum atomic E-state index is 13.6. The van der Waals surface area contributed by atoms with E-state index >= 15 is 0 Å². The number of amides is 1. The van der Waals surface area contributed by atoms with E-state index in [0.29, 0.717) is 22.3 Å². The van der Waals surface area contributed by atoms with Gasteiger partial charge in [-0.05, 0) is 37.3 Å². The Hall–Kier alpha value is -1.77. The van der Waals surface area contributed by atoms with Crippen LogP contribution < -0.4 is 5.32 Å². The van der Waals surface area contributed by atoms with Gasteiger partial charge in [0.1, 0.15) is 5.82 Å². The molecule has 3 rings (SSSR count). The number of halogens is 1. The lowest BCUT2D eigenvalue weighted by Gasteiger charge is -2.26. The highest BCUT2D eigenvalue weighted by Crippen LogP contribution is 2.17. The number of aromatic amines is 2. The van der Waals surface area contributed by atoms with Crippen molar-refractivity contribution in [3.63, 3.8) is 0 Å². The maximum Gasteiger partial charge on any atom is 0.253 e. The first-order valence-corrected chi connectivity index (χ1v) is 8.04. The van der Waals surface area contributed by atoms with Gasteiger partial charge in [-0.25, -0.2) is 4.39 Å². The van der Waals surface area contributed by atoms with Gasteiger partial charge in [-0.1, -0.05) is 0 Å². The molecule has 1 fully saturated rings. The maximum absolute atomic E-state index is 13.6. The summed E-state index contributed by atoms with van der Waals surface area (Å²) >= 11 is 5.00. The van der Waals surface area contributed by atoms with Gasteiger partial charge in [0.15, 0.2) is 4.77 Å². The quantitative estimate of drug-likeness (QED) is 0.574. The fourth-order valence-electron chi connectivity index (χ4n) is 2.71. The van der Waals surface area contributed by atoms with Crippen LogP contribution in [-0.4, -0.2) is 60.2 Å². The number of benzene rings is 1. The normalized spacial score (nSPS) is 15.9. The molecule has 0 atom stereocenters. The summed E-state index contributed by atoms with van der Waals surface area (Å²) in [5, 5.41) is 2.84. The molecular formula is C15H19FN4O2S. The van der Waals surface area contributed by atoms with Crippen LogP contribution in [0.1, 0.15) is 16.8 Å². The van der Waals surface area contributed by atoms with Crippen molar-refractivity contribution >= 4 is 29.2 Å². The predicted octanol–water partition coefficient (Wildman–Crippen LogP) is 1.82. The lowest BCUT2D eigenvalue weighted by molar-refractivity contribution is 0.0374. The van der Waals surface area contributed by atoms with Gasteiger partial charge in [0.25, 0.3) is 5.91 Å². The second kappa shape index (κ2) is 7.20. The van der Waals surface area contributed by atoms with Gasteiger partial charge in [0, 0.05) is 19.6 Å². The smallest absolute Gasteiger partial charge is 0.253 e. The number of hydrogen-bond acceptors (Lipinski definition) is 4. The fraction of sp³-hybridized carbons (Fsp3) is 0.467. The first-order chi connectivity index (χ1) is 11.1. The Kier molecular flexibility index (Phi) is 5.04. The van der Waals surface area contributed by atoms with E-state index in [9.17, 15) is 9.18 Å². The zero-order valence-electron chi connectivity index (χ0n) is 12.7. The summed E-state index contributed by atoms with van der Waals surface area (Å²) in [4.78, 5) is 20.3. The zero-order valence-corrected chi connectivity index (χ0v) is 13.5. The molecule has 2 aromatic rings. The second-order valence-corrected chi connectivity index (χ2v) is 5.93. The standard InChI is InChI=1S/C15H19FN4O2S/c16-10-8-11(13-12(9-10)18-15(23)19-13)14(21)17-2-1-3-20-4-6-22-7-5-20/h8-9H,1-7H2,(H,17,21)(H2,18,19,23). The molecule has 0 saturated carbocycles. The molecule has 0 radical (unpaired) electrons. The van der Waals surface area contributed by atoms with Crippen molar-refractivity contribution in [2.45, 2.75) is 6.42 Å². The molecule has 23 heavy (non-hydrogen) atoms. The van der Waals surface area contributed by atoms with Crippen molar-refractivity contribution in [1.29, 1.82) is 0 Å². The van der Waals surface area contributed by atoms with Crippen molar-refractivity contribution in [2.75, 3.05) is 39.4 Å². The third kappa shape index (κ3) is 3.95. The number of aromatic nitrogens is 2. The van der Waals surface area contributed by atoms with Gasteiger partial charge in [-0.15, -0.1) is 0 Å². The van der Waals surface area contributed by atoms with Crippen molar-refractivity contribution < 1.29 is 13.9 Å². The summed E-state index contributed by atoms with van der Waals surface area (Å²) < 4.78 is 19.3. The summed E-state index contributed by atoms with van der Waals surface area (Å²) in [6.07, 6.45) is 0.841. The first-order valence-electron chi connectivity index (χ1n) is 7.63. The van der Waals surface area contributed by atoms with E-state index < -0.39 is 5.82 Å². The number of carbonyl (C=O) groups is 1. The minimum Gasteiger partial charge on any atom is -0.379 e. The topological polar surface area (TPSA) is 73.2 Å². The number of imidazole rings is 1. The van der Waals surface area contributed by atoms with Gasteiger partial charge in [-0.2, -0.15) is 0 Å². The monoisotopic (exact) mass is 338 g/mol. The SMILES string of the molecule is O=C(NCCCN1CCOCC1)c1cc(F)cc2[nH]c(=S)[nH]c12. The van der Waals surface area contributed by atoms with Crippen molar-refractivity contribution in [3.8, 4) is 0 Å². The van der Waals surface area contributed by atoms with E-state index in [1.807, 2.05) is 0 Å². The van der Waals surface area contributed by atoms with E-state index in [-0.39, 0.29) is 11.5 Å². The van der Waals surface area contributed by atoms with E-state index in [1.165, 1.54) is 12.1 Å². The van der Waals surface area contributed by atoms with E-state index in [0.717, 1.165) is 39.3 Å². The first kappa shape index (κ1) is 16.1. The molecule has 1 aromatic carbocycles. The molecule has 6 nitrogen and oxygen atoms in total. The summed E-state index contributed by atoms with van der Waals surface area (Å²) in [6, 6.07) is 2.54. The highest BCUT2D eigenvalue weighted by Gasteiger charge is 2.14. The molecule has 124 valence electrons. The third-order valence-electron chi connectivity index (χ3n) is 3.87. The molecule has 2 heterocycles. The van der Waals surface area contributed by atoms with Crippen LogP contribution >= 0.6 is 12.2 Å². The molecule has 0 bridgehead atoms. The summed E-state index contributed by atoms with van der Waals surface area (Å²) in [5.74, 6) is -0.775. The number of ether oxygens (including phenoxy) is 1. The Bertz CT molecular complexity index is 752. The molecule has 3 N–H and O–H groups in total. The summed E-state index contributed by atoms with van der Waals surface area (Å²) in [5.41, 5.74) is 1.29. The van der Waals surface area contributed by atoms with Crippen molar-refractivity contribution in [3.05, 3.63) is 28.3 Å². The van der Waals surface area contributed by atoms with Crippen LogP contribution in [0.25, 0.3) is 11.0 Å². The molecule has 0 spiro atoms. The Morgan fingerprint density at radius 3 is 2.91 bits per heavy atom. The molecule has 1 saturated heterocycles. The van der Waals surface area contributed by atoms with Crippen molar-refractivity contribution in [2.24, 2.45) is 0 Å². The fourth-order valence-corrected chi connectivity index (χ4v) is 2.92. The molecule has 0 aliphatic carbocycles. The lowest BCUT2D eigenvalue weighted by Crippen LogP contribution is -2.38. The van der Waals surface area contributed by atoms with E-state index in [4.69, 9.17) is 17.0 Å². The number of H-pyrrole nitrogens is 2. The number of rotatable bonds is 5. The number of hydrogen-bond donors (Lipinski definition) is 3. The minimum absolute atomic E-state index is 0.263. The van der Waals surface area contributed by atoms with Crippen LogP contribution in [0, 0.1) is 10.6 Å². The van der Waals surface area contributed by atoms with Crippen LogP contribution in [0.5, 0.6) is 0 Å².